The van der Waals surface area contributed by atoms with Crippen LogP contribution in [0.5, 0.6) is 0 Å². The van der Waals surface area contributed by atoms with Crippen molar-refractivity contribution in [2.45, 2.75) is 30.6 Å². The molecule has 156 valence electrons. The van der Waals surface area contributed by atoms with E-state index in [1.807, 2.05) is 18.2 Å². The molecule has 1 aliphatic carbocycles. The zero-order chi connectivity index (χ0) is 20.1. The maximum Gasteiger partial charge on any atom is 0.240 e. The van der Waals surface area contributed by atoms with E-state index in [4.69, 9.17) is 4.74 Å². The van der Waals surface area contributed by atoms with Gasteiger partial charge in [-0.15, -0.1) is 0 Å². The standard InChI is InChI=1S/C20H27N5O3S/c26-29(27,18-6-5-16-3-1-2-4-17(16)13-18)24-8-7-21-19-14-20(23-15-22-19)25-9-11-28-12-10-25/h5-6,13-15,24H,1-4,7-12H2,(H,21,22,23). The number of aromatic nitrogens is 2. The van der Waals surface area contributed by atoms with Crippen molar-refractivity contribution in [1.29, 1.82) is 0 Å². The molecule has 2 aliphatic rings. The van der Waals surface area contributed by atoms with Crippen molar-refractivity contribution >= 4 is 21.7 Å². The summed E-state index contributed by atoms with van der Waals surface area (Å²) in [6.07, 6.45) is 5.82. The van der Waals surface area contributed by atoms with E-state index >= 15 is 0 Å². The van der Waals surface area contributed by atoms with Crippen molar-refractivity contribution < 1.29 is 13.2 Å². The normalized spacial score (nSPS) is 17.0. The summed E-state index contributed by atoms with van der Waals surface area (Å²) in [5, 5.41) is 3.16. The number of hydrogen-bond acceptors (Lipinski definition) is 7. The Morgan fingerprint density at radius 1 is 1.00 bits per heavy atom. The number of nitrogens with one attached hydrogen (secondary N) is 2. The SMILES string of the molecule is O=S(=O)(NCCNc1cc(N2CCOCC2)ncn1)c1ccc2c(c1)CCCC2. The minimum Gasteiger partial charge on any atom is -0.378 e. The molecule has 2 heterocycles. The van der Waals surface area contributed by atoms with Gasteiger partial charge >= 0.3 is 0 Å². The Labute approximate surface area is 171 Å². The first kappa shape index (κ1) is 20.1. The monoisotopic (exact) mass is 417 g/mol. The fraction of sp³-hybridized carbons (Fsp3) is 0.500. The third-order valence-electron chi connectivity index (χ3n) is 5.34. The topological polar surface area (TPSA) is 96.5 Å². The van der Waals surface area contributed by atoms with E-state index in [9.17, 15) is 8.42 Å². The van der Waals surface area contributed by atoms with E-state index in [1.54, 1.807) is 6.07 Å². The predicted molar refractivity (Wildman–Crippen MR) is 112 cm³/mol. The summed E-state index contributed by atoms with van der Waals surface area (Å²) in [6.45, 7) is 3.70. The minimum absolute atomic E-state index is 0.274. The number of rotatable bonds is 7. The van der Waals surface area contributed by atoms with Crippen molar-refractivity contribution in [1.82, 2.24) is 14.7 Å². The highest BCUT2D eigenvalue weighted by molar-refractivity contribution is 7.89. The average Bonchev–Trinajstić information content (AvgIpc) is 2.77. The third kappa shape index (κ3) is 5.04. The van der Waals surface area contributed by atoms with Gasteiger partial charge in [-0.25, -0.2) is 23.1 Å². The van der Waals surface area contributed by atoms with Crippen molar-refractivity contribution in [3.05, 3.63) is 41.7 Å². The molecule has 1 saturated heterocycles. The van der Waals surface area contributed by atoms with Gasteiger partial charge in [-0.05, 0) is 48.9 Å². The predicted octanol–water partition coefficient (Wildman–Crippen LogP) is 1.58. The molecule has 1 fully saturated rings. The van der Waals surface area contributed by atoms with Gasteiger partial charge < -0.3 is 15.0 Å². The van der Waals surface area contributed by atoms with Gasteiger partial charge in [0.1, 0.15) is 18.0 Å². The van der Waals surface area contributed by atoms with Crippen LogP contribution in [0.4, 0.5) is 11.6 Å². The lowest BCUT2D eigenvalue weighted by molar-refractivity contribution is 0.122. The Kier molecular flexibility index (Phi) is 6.27. The summed E-state index contributed by atoms with van der Waals surface area (Å²) in [4.78, 5) is 11.0. The Bertz CT molecular complexity index is 945. The average molecular weight is 418 g/mol. The number of fused-ring (bicyclic) bond motifs is 1. The molecular formula is C20H27N5O3S. The molecule has 2 aromatic rings. The molecular weight excluding hydrogens is 390 g/mol. The number of benzene rings is 1. The molecule has 1 aromatic heterocycles. The molecule has 1 aliphatic heterocycles. The second kappa shape index (κ2) is 9.06. The van der Waals surface area contributed by atoms with E-state index in [1.165, 1.54) is 18.3 Å². The van der Waals surface area contributed by atoms with Crippen LogP contribution >= 0.6 is 0 Å². The first-order chi connectivity index (χ1) is 14.1. The Morgan fingerprint density at radius 2 is 1.79 bits per heavy atom. The van der Waals surface area contributed by atoms with Gasteiger partial charge in [0.25, 0.3) is 0 Å². The first-order valence-electron chi connectivity index (χ1n) is 10.1. The molecule has 4 rings (SSSR count). The van der Waals surface area contributed by atoms with Gasteiger partial charge in [0.05, 0.1) is 18.1 Å². The summed E-state index contributed by atoms with van der Waals surface area (Å²) >= 11 is 0. The summed E-state index contributed by atoms with van der Waals surface area (Å²) in [5.41, 5.74) is 2.44. The molecule has 0 unspecified atom stereocenters. The van der Waals surface area contributed by atoms with E-state index in [-0.39, 0.29) is 6.54 Å². The molecule has 0 atom stereocenters. The van der Waals surface area contributed by atoms with Gasteiger partial charge in [0.2, 0.25) is 10.0 Å². The number of hydrogen-bond donors (Lipinski definition) is 2. The van der Waals surface area contributed by atoms with Crippen LogP contribution in [0, 0.1) is 0 Å². The number of ether oxygens (including phenoxy) is 1. The lowest BCUT2D eigenvalue weighted by atomic mass is 9.92. The van der Waals surface area contributed by atoms with Gasteiger partial charge in [0.15, 0.2) is 0 Å². The number of sulfonamides is 1. The highest BCUT2D eigenvalue weighted by Gasteiger charge is 2.17. The van der Waals surface area contributed by atoms with Crippen LogP contribution in [0.1, 0.15) is 24.0 Å². The largest absolute Gasteiger partial charge is 0.378 e. The quantitative estimate of drug-likeness (QED) is 0.660. The molecule has 0 spiro atoms. The van der Waals surface area contributed by atoms with E-state index in [0.717, 1.165) is 43.7 Å². The summed E-state index contributed by atoms with van der Waals surface area (Å²) in [6, 6.07) is 7.36. The van der Waals surface area contributed by atoms with E-state index in [2.05, 4.69) is 24.9 Å². The molecule has 9 heteroatoms. The second-order valence-electron chi connectivity index (χ2n) is 7.32. The maximum absolute atomic E-state index is 12.6. The lowest BCUT2D eigenvalue weighted by Gasteiger charge is -2.27. The molecule has 8 nitrogen and oxygen atoms in total. The van der Waals surface area contributed by atoms with Crippen molar-refractivity contribution in [2.75, 3.05) is 49.6 Å². The van der Waals surface area contributed by atoms with Gasteiger partial charge in [-0.1, -0.05) is 6.07 Å². The van der Waals surface area contributed by atoms with Crippen LogP contribution in [-0.2, 0) is 27.6 Å². The number of nitrogens with zero attached hydrogens (tertiary/aromatic N) is 3. The smallest absolute Gasteiger partial charge is 0.240 e. The number of morpholine rings is 1. The van der Waals surface area contributed by atoms with E-state index < -0.39 is 10.0 Å². The fourth-order valence-corrected chi connectivity index (χ4v) is 4.83. The van der Waals surface area contributed by atoms with Crippen LogP contribution in [0.2, 0.25) is 0 Å². The second-order valence-corrected chi connectivity index (χ2v) is 9.09. The number of aryl methyl sites for hydroxylation is 2. The molecule has 2 N–H and O–H groups in total. The zero-order valence-electron chi connectivity index (χ0n) is 16.4. The van der Waals surface area contributed by atoms with Crippen molar-refractivity contribution in [3.8, 4) is 0 Å². The zero-order valence-corrected chi connectivity index (χ0v) is 17.2. The minimum atomic E-state index is -3.52. The van der Waals surface area contributed by atoms with Gasteiger partial charge in [0, 0.05) is 32.2 Å². The Hall–Kier alpha value is -2.23. The third-order valence-corrected chi connectivity index (χ3v) is 6.80. The lowest BCUT2D eigenvalue weighted by Crippen LogP contribution is -2.36. The van der Waals surface area contributed by atoms with Crippen molar-refractivity contribution in [2.24, 2.45) is 0 Å². The molecule has 1 aromatic carbocycles. The highest BCUT2D eigenvalue weighted by Crippen LogP contribution is 2.24. The molecule has 0 bridgehead atoms. The fourth-order valence-electron chi connectivity index (χ4n) is 3.75. The summed E-state index contributed by atoms with van der Waals surface area (Å²) in [5.74, 6) is 1.52. The molecule has 0 amide bonds. The summed E-state index contributed by atoms with van der Waals surface area (Å²) < 4.78 is 33.2. The van der Waals surface area contributed by atoms with Crippen molar-refractivity contribution in [3.63, 3.8) is 0 Å². The van der Waals surface area contributed by atoms with Crippen LogP contribution in [0.15, 0.2) is 35.5 Å². The van der Waals surface area contributed by atoms with Crippen LogP contribution in [0.25, 0.3) is 0 Å². The molecule has 0 saturated carbocycles. The Morgan fingerprint density at radius 3 is 2.62 bits per heavy atom. The van der Waals surface area contributed by atoms with Crippen LogP contribution < -0.4 is 14.9 Å². The number of anilines is 2. The maximum atomic E-state index is 12.6. The summed E-state index contributed by atoms with van der Waals surface area (Å²) in [7, 11) is -3.52. The highest BCUT2D eigenvalue weighted by atomic mass is 32.2. The molecule has 29 heavy (non-hydrogen) atoms. The Balaban J connectivity index is 1.31. The first-order valence-corrected chi connectivity index (χ1v) is 11.6. The van der Waals surface area contributed by atoms with Gasteiger partial charge in [-0.2, -0.15) is 0 Å². The molecule has 0 radical (unpaired) electrons. The van der Waals surface area contributed by atoms with Gasteiger partial charge in [-0.3, -0.25) is 0 Å². The van der Waals surface area contributed by atoms with Crippen LogP contribution in [-0.4, -0.2) is 57.8 Å². The van der Waals surface area contributed by atoms with Crippen LogP contribution in [0.3, 0.4) is 0 Å². The van der Waals surface area contributed by atoms with E-state index in [0.29, 0.717) is 30.5 Å².